The second-order valence-electron chi connectivity index (χ2n) is 27.5. The van der Waals surface area contributed by atoms with Gasteiger partial charge in [-0.15, -0.1) is 0 Å². The van der Waals surface area contributed by atoms with Crippen LogP contribution in [-0.2, 0) is 74.9 Å². The van der Waals surface area contributed by atoms with Gasteiger partial charge in [-0.05, 0) is 74.4 Å². The SMILES string of the molecule is CCCCCCCCCCCC(=O)OCC(COP(=O)([O-])OCC(O)COP(=O)([O-])OCC(COC(=O)CCCCCCCCCCC)OC(=O)CCCCCCCCCCC)OC(=O)CCCCCCCCCCC.CN1CCC(=C2c3ccccc3Sc3ccccc32)CC1.O=C(O)C=CC(=O)O.[Na+].[Na+]. The number of fused-ring (bicyclic) bond motifs is 2. The number of phosphoric acid groups is 2. The molecule has 0 saturated carbocycles. The van der Waals surface area contributed by atoms with Crippen molar-refractivity contribution in [2.24, 2.45) is 0 Å². The molecule has 2 aromatic carbocycles. The molecular weight excluding hydrogens is 1450 g/mol. The molecule has 0 bridgehead atoms. The van der Waals surface area contributed by atoms with E-state index in [9.17, 15) is 52.8 Å². The van der Waals surface area contributed by atoms with Gasteiger partial charge in [0.15, 0.2) is 12.2 Å². The number of aliphatic hydroxyl groups excluding tert-OH is 1. The molecule has 1 saturated heterocycles. The third-order valence-corrected chi connectivity index (χ3v) is 20.9. The molecule has 0 spiro atoms. The second kappa shape index (κ2) is 67.7. The molecule has 4 rings (SSSR count). The molecule has 0 aromatic heterocycles. The molecule has 22 nitrogen and oxygen atoms in total. The average molecular weight is 1580 g/mol. The second-order valence-corrected chi connectivity index (χ2v) is 31.4. The van der Waals surface area contributed by atoms with Crippen molar-refractivity contribution >= 4 is 68.8 Å². The largest absolute Gasteiger partial charge is 1.00 e. The van der Waals surface area contributed by atoms with Crippen molar-refractivity contribution < 1.29 is 159 Å². The van der Waals surface area contributed by atoms with Crippen LogP contribution in [0.2, 0.25) is 0 Å². The fourth-order valence-electron chi connectivity index (χ4n) is 11.8. The molecule has 4 unspecified atom stereocenters. The van der Waals surface area contributed by atoms with E-state index in [0.717, 1.165) is 103 Å². The molecule has 0 radical (unpaired) electrons. The van der Waals surface area contributed by atoms with E-state index in [1.54, 1.807) is 5.57 Å². The van der Waals surface area contributed by atoms with Crippen LogP contribution in [0.5, 0.6) is 0 Å². The number of aliphatic carboxylic acids is 2. The first kappa shape index (κ1) is 104. The van der Waals surface area contributed by atoms with Crippen LogP contribution in [-0.4, -0.2) is 134 Å². The summed E-state index contributed by atoms with van der Waals surface area (Å²) in [6.45, 7) is 6.72. The van der Waals surface area contributed by atoms with Crippen LogP contribution in [0.25, 0.3) is 5.57 Å². The standard InChI is InChI=1S/C57H110O17P2.C19H19NS.C4H4O4.2Na/c1-5-9-13-17-21-25-29-33-37-41-54(59)67-47-52(73-56(61)43-39-35-31-27-23-19-15-11-7-3)49-71-75(63,64)69-45-51(58)46-70-76(65,66)72-50-53(74-57(62)44-40-36-32-28-24-20-16-12-8-4)48-68-55(60)42-38-34-30-26-22-18-14-10-6-2;1-20-12-10-14(11-13-20)19-15-6-2-4-8-17(15)21-18-9-5-3-7-16(18)19;5-3(6)1-2-4(7)8;;/h51-53,58H,5-50H2,1-4H3,(H,63,64)(H,65,66);2-9H,10-13H2,1H3;1-2H,(H,5,6)(H,7,8);;/q;;;2*+1/p-2. The Hall–Kier alpha value is -2.77. The maximum atomic E-state index is 12.8. The number of carboxylic acids is 2. The minimum atomic E-state index is -5.20. The maximum absolute atomic E-state index is 12.8. The number of likely N-dealkylation sites (tertiary alicyclic amines) is 1. The monoisotopic (exact) mass is 1580 g/mol. The molecule has 2 heterocycles. The fourth-order valence-corrected chi connectivity index (χ4v) is 14.5. The summed E-state index contributed by atoms with van der Waals surface area (Å²) >= 11 is 1.91. The number of nitrogens with zero attached hydrogens (tertiary/aromatic N) is 1. The number of piperidine rings is 1. The van der Waals surface area contributed by atoms with Gasteiger partial charge in [0.2, 0.25) is 0 Å². The molecule has 2 aromatic rings. The number of hydrogen-bond acceptors (Lipinski definition) is 21. The van der Waals surface area contributed by atoms with Gasteiger partial charge in [0.25, 0.3) is 15.6 Å². The third-order valence-electron chi connectivity index (χ3n) is 17.9. The molecule has 107 heavy (non-hydrogen) atoms. The number of rotatable bonds is 60. The summed E-state index contributed by atoms with van der Waals surface area (Å²) < 4.78 is 66.7. The van der Waals surface area contributed by atoms with Crippen molar-refractivity contribution in [3.05, 3.63) is 77.4 Å². The minimum absolute atomic E-state index is 0. The summed E-state index contributed by atoms with van der Waals surface area (Å²) in [6, 6.07) is 17.7. The Kier molecular flexibility index (Phi) is 66.0. The van der Waals surface area contributed by atoms with E-state index in [1.807, 2.05) is 11.8 Å². The molecule has 600 valence electrons. The van der Waals surface area contributed by atoms with Crippen LogP contribution >= 0.6 is 27.4 Å². The Morgan fingerprint density at radius 1 is 0.430 bits per heavy atom. The van der Waals surface area contributed by atoms with Crippen LogP contribution in [0, 0.1) is 0 Å². The number of esters is 4. The van der Waals surface area contributed by atoms with Crippen molar-refractivity contribution in [3.63, 3.8) is 0 Å². The summed E-state index contributed by atoms with van der Waals surface area (Å²) in [7, 11) is -8.17. The molecule has 0 aliphatic carbocycles. The predicted molar refractivity (Wildman–Crippen MR) is 408 cm³/mol. The first-order valence-corrected chi connectivity index (χ1v) is 43.4. The zero-order chi connectivity index (χ0) is 77.0. The number of aliphatic hydroxyl groups is 1. The number of carboxylic acid groups (broad SMARTS) is 2. The first-order valence-electron chi connectivity index (χ1n) is 39.6. The minimum Gasteiger partial charge on any atom is -0.756 e. The van der Waals surface area contributed by atoms with Gasteiger partial charge in [-0.2, -0.15) is 0 Å². The van der Waals surface area contributed by atoms with Crippen molar-refractivity contribution in [1.82, 2.24) is 4.90 Å². The summed E-state index contributed by atoms with van der Waals surface area (Å²) in [4.78, 5) is 101. The smallest absolute Gasteiger partial charge is 0.756 e. The third kappa shape index (κ3) is 57.0. The average Bonchev–Trinajstić information content (AvgIpc) is 0.765. The zero-order valence-electron chi connectivity index (χ0n) is 66.3. The van der Waals surface area contributed by atoms with Gasteiger partial charge in [-0.1, -0.05) is 287 Å². The fraction of sp³-hybridized carbons (Fsp3) is 0.725. The first-order chi connectivity index (χ1) is 50.6. The molecule has 4 atom stereocenters. The molecule has 1 fully saturated rings. The van der Waals surface area contributed by atoms with Gasteiger partial charge in [0.1, 0.15) is 19.3 Å². The molecule has 27 heteroatoms. The van der Waals surface area contributed by atoms with Gasteiger partial charge in [0, 0.05) is 60.7 Å². The van der Waals surface area contributed by atoms with Gasteiger partial charge < -0.3 is 67.0 Å². The zero-order valence-corrected chi connectivity index (χ0v) is 72.9. The normalized spacial score (nSPS) is 14.5. The van der Waals surface area contributed by atoms with E-state index in [4.69, 9.17) is 47.3 Å². The Morgan fingerprint density at radius 2 is 0.701 bits per heavy atom. The Bertz CT molecular complexity index is 2670. The number of unbranched alkanes of at least 4 members (excludes halogenated alkanes) is 32. The summed E-state index contributed by atoms with van der Waals surface area (Å²) in [5, 5.41) is 26.0. The Balaban J connectivity index is 0.00000294. The van der Waals surface area contributed by atoms with Crippen LogP contribution in [0.1, 0.15) is 308 Å². The molecule has 2 aliphatic heterocycles. The van der Waals surface area contributed by atoms with E-state index < -0.39 is 109 Å². The Labute approximate surface area is 690 Å². The number of carbonyl (C=O) groups is 6. The van der Waals surface area contributed by atoms with Crippen LogP contribution in [0.4, 0.5) is 0 Å². The van der Waals surface area contributed by atoms with Crippen LogP contribution < -0.4 is 68.9 Å². The quantitative estimate of drug-likeness (QED) is 0.0118. The summed E-state index contributed by atoms with van der Waals surface area (Å²) in [5.41, 5.74) is 6.00. The maximum Gasteiger partial charge on any atom is 1.00 e. The Morgan fingerprint density at radius 3 is 1.00 bits per heavy atom. The van der Waals surface area contributed by atoms with E-state index in [2.05, 4.69) is 88.2 Å². The number of phosphoric ester groups is 2. The molecule has 2 aliphatic rings. The van der Waals surface area contributed by atoms with Gasteiger partial charge >= 0.3 is 94.9 Å². The topological polar surface area (TPSA) is 320 Å². The van der Waals surface area contributed by atoms with E-state index in [0.29, 0.717) is 37.8 Å². The van der Waals surface area contributed by atoms with Crippen LogP contribution in [0.3, 0.4) is 0 Å². The predicted octanol–water partition coefficient (Wildman–Crippen LogP) is 12.3. The van der Waals surface area contributed by atoms with Crippen molar-refractivity contribution in [3.8, 4) is 0 Å². The molecule has 3 N–H and O–H groups in total. The van der Waals surface area contributed by atoms with E-state index >= 15 is 0 Å². The summed E-state index contributed by atoms with van der Waals surface area (Å²) in [6.07, 6.45) is 37.7. The van der Waals surface area contributed by atoms with Crippen molar-refractivity contribution in [2.45, 2.75) is 325 Å². The number of carbonyl (C=O) groups excluding carboxylic acids is 4. The van der Waals surface area contributed by atoms with Crippen molar-refractivity contribution in [2.75, 3.05) is 59.8 Å². The van der Waals surface area contributed by atoms with Crippen molar-refractivity contribution in [1.29, 1.82) is 0 Å². The van der Waals surface area contributed by atoms with Crippen LogP contribution in [0.15, 0.2) is 76.0 Å². The van der Waals surface area contributed by atoms with Gasteiger partial charge in [0.05, 0.1) is 26.4 Å². The number of hydrogen-bond donors (Lipinski definition) is 3. The van der Waals surface area contributed by atoms with Gasteiger partial charge in [-0.3, -0.25) is 28.3 Å². The van der Waals surface area contributed by atoms with E-state index in [1.165, 1.54) is 155 Å². The molecule has 0 amide bonds. The van der Waals surface area contributed by atoms with Gasteiger partial charge in [-0.25, -0.2) is 9.59 Å². The molecular formula is C80H131NNa2O21P2S. The number of benzene rings is 2. The number of ether oxygens (including phenoxy) is 4. The summed E-state index contributed by atoms with van der Waals surface area (Å²) in [5.74, 6) is -4.75. The van der Waals surface area contributed by atoms with E-state index in [-0.39, 0.29) is 84.8 Å².